The van der Waals surface area contributed by atoms with E-state index in [1.165, 1.54) is 25.3 Å². The summed E-state index contributed by atoms with van der Waals surface area (Å²) >= 11 is 0. The standard InChI is InChI=1S/C14H19FN2O2/c1-16-5-7-17(8-6-16)10-13(18)11-3-4-12(15)14(9-11)19-2/h3-4,9H,5-8,10H2,1-2H3. The van der Waals surface area contributed by atoms with Crippen molar-refractivity contribution < 1.29 is 13.9 Å². The van der Waals surface area contributed by atoms with E-state index in [0.29, 0.717) is 12.1 Å². The smallest absolute Gasteiger partial charge is 0.176 e. The molecule has 1 aliphatic rings. The summed E-state index contributed by atoms with van der Waals surface area (Å²) in [5, 5.41) is 0. The molecule has 1 heterocycles. The molecule has 0 saturated carbocycles. The van der Waals surface area contributed by atoms with Crippen molar-refractivity contribution in [1.29, 1.82) is 0 Å². The minimum Gasteiger partial charge on any atom is -0.494 e. The maximum Gasteiger partial charge on any atom is 0.176 e. The van der Waals surface area contributed by atoms with Crippen LogP contribution in [0, 0.1) is 5.82 Å². The number of nitrogens with zero attached hydrogens (tertiary/aromatic N) is 2. The van der Waals surface area contributed by atoms with Crippen LogP contribution in [-0.4, -0.2) is 62.5 Å². The molecule has 2 rings (SSSR count). The van der Waals surface area contributed by atoms with E-state index in [9.17, 15) is 9.18 Å². The third kappa shape index (κ3) is 3.52. The molecule has 0 bridgehead atoms. The monoisotopic (exact) mass is 266 g/mol. The van der Waals surface area contributed by atoms with Crippen LogP contribution in [0.2, 0.25) is 0 Å². The van der Waals surface area contributed by atoms with E-state index < -0.39 is 5.82 Å². The summed E-state index contributed by atoms with van der Waals surface area (Å²) in [6, 6.07) is 4.25. The number of methoxy groups -OCH3 is 1. The molecule has 19 heavy (non-hydrogen) atoms. The van der Waals surface area contributed by atoms with Gasteiger partial charge in [0.1, 0.15) is 0 Å². The average molecular weight is 266 g/mol. The number of benzene rings is 1. The van der Waals surface area contributed by atoms with E-state index in [1.807, 2.05) is 0 Å². The van der Waals surface area contributed by atoms with Gasteiger partial charge in [0, 0.05) is 31.7 Å². The Bertz CT molecular complexity index is 457. The second-order valence-corrected chi connectivity index (χ2v) is 4.85. The third-order valence-corrected chi connectivity index (χ3v) is 3.44. The van der Waals surface area contributed by atoms with E-state index in [1.54, 1.807) is 0 Å². The Kier molecular flexibility index (Phi) is 4.50. The lowest BCUT2D eigenvalue weighted by Crippen LogP contribution is -2.46. The lowest BCUT2D eigenvalue weighted by Gasteiger charge is -2.31. The van der Waals surface area contributed by atoms with Crippen molar-refractivity contribution in [3.8, 4) is 5.75 Å². The van der Waals surface area contributed by atoms with Crippen LogP contribution < -0.4 is 4.74 Å². The van der Waals surface area contributed by atoms with Gasteiger partial charge in [-0.1, -0.05) is 0 Å². The third-order valence-electron chi connectivity index (χ3n) is 3.44. The van der Waals surface area contributed by atoms with Crippen molar-refractivity contribution in [1.82, 2.24) is 9.80 Å². The fraction of sp³-hybridized carbons (Fsp3) is 0.500. The Morgan fingerprint density at radius 2 is 2.00 bits per heavy atom. The molecule has 0 atom stereocenters. The van der Waals surface area contributed by atoms with Crippen LogP contribution in [-0.2, 0) is 0 Å². The Morgan fingerprint density at radius 1 is 1.32 bits per heavy atom. The Morgan fingerprint density at radius 3 is 2.63 bits per heavy atom. The molecule has 0 radical (unpaired) electrons. The van der Waals surface area contributed by atoms with E-state index in [2.05, 4.69) is 16.8 Å². The first-order chi connectivity index (χ1) is 9.10. The number of Topliss-reactive ketones (excluding diaryl/α,β-unsaturated/α-hetero) is 1. The van der Waals surface area contributed by atoms with Crippen LogP contribution in [0.15, 0.2) is 18.2 Å². The van der Waals surface area contributed by atoms with E-state index in [0.717, 1.165) is 26.2 Å². The molecule has 0 amide bonds. The lowest BCUT2D eigenvalue weighted by atomic mass is 10.1. The molecule has 4 nitrogen and oxygen atoms in total. The molecule has 1 fully saturated rings. The normalized spacial score (nSPS) is 17.4. The summed E-state index contributed by atoms with van der Waals surface area (Å²) in [5.74, 6) is -0.328. The average Bonchev–Trinajstić information content (AvgIpc) is 2.42. The number of piperazine rings is 1. The van der Waals surface area contributed by atoms with E-state index >= 15 is 0 Å². The van der Waals surface area contributed by atoms with Crippen LogP contribution in [0.1, 0.15) is 10.4 Å². The number of likely N-dealkylation sites (N-methyl/N-ethyl adjacent to an activating group) is 1. The van der Waals surface area contributed by atoms with Gasteiger partial charge in [0.15, 0.2) is 17.3 Å². The van der Waals surface area contributed by atoms with Gasteiger partial charge in [-0.3, -0.25) is 9.69 Å². The molecule has 1 aromatic rings. The highest BCUT2D eigenvalue weighted by atomic mass is 19.1. The Hall–Kier alpha value is -1.46. The summed E-state index contributed by atoms with van der Waals surface area (Å²) in [6.07, 6.45) is 0. The summed E-state index contributed by atoms with van der Waals surface area (Å²) in [4.78, 5) is 16.5. The minimum atomic E-state index is -0.446. The Labute approximate surface area is 112 Å². The number of halogens is 1. The molecule has 0 spiro atoms. The number of hydrogen-bond acceptors (Lipinski definition) is 4. The summed E-state index contributed by atoms with van der Waals surface area (Å²) in [7, 11) is 3.47. The van der Waals surface area contributed by atoms with Gasteiger partial charge < -0.3 is 9.64 Å². The zero-order valence-corrected chi connectivity index (χ0v) is 11.4. The summed E-state index contributed by atoms with van der Waals surface area (Å²) in [6.45, 7) is 4.10. The van der Waals surface area contributed by atoms with Crippen LogP contribution in [0.4, 0.5) is 4.39 Å². The van der Waals surface area contributed by atoms with Gasteiger partial charge in [-0.05, 0) is 25.2 Å². The van der Waals surface area contributed by atoms with Crippen molar-refractivity contribution in [2.24, 2.45) is 0 Å². The van der Waals surface area contributed by atoms with Crippen LogP contribution in [0.25, 0.3) is 0 Å². The molecule has 1 saturated heterocycles. The molecule has 1 aromatic carbocycles. The van der Waals surface area contributed by atoms with Gasteiger partial charge in [-0.2, -0.15) is 0 Å². The van der Waals surface area contributed by atoms with Gasteiger partial charge in [0.2, 0.25) is 0 Å². The minimum absolute atomic E-state index is 0.00264. The van der Waals surface area contributed by atoms with Crippen molar-refractivity contribution in [3.05, 3.63) is 29.6 Å². The first-order valence-electron chi connectivity index (χ1n) is 6.38. The van der Waals surface area contributed by atoms with Crippen LogP contribution in [0.3, 0.4) is 0 Å². The molecule has 0 N–H and O–H groups in total. The van der Waals surface area contributed by atoms with Gasteiger partial charge in [0.25, 0.3) is 0 Å². The Balaban J connectivity index is 2.00. The number of carbonyl (C=O) groups is 1. The molecular weight excluding hydrogens is 247 g/mol. The molecular formula is C14H19FN2O2. The first-order valence-corrected chi connectivity index (χ1v) is 6.38. The fourth-order valence-corrected chi connectivity index (χ4v) is 2.13. The largest absolute Gasteiger partial charge is 0.494 e. The molecule has 104 valence electrons. The number of carbonyl (C=O) groups excluding carboxylic acids is 1. The maximum atomic E-state index is 13.3. The molecule has 1 aliphatic heterocycles. The SMILES string of the molecule is COc1cc(C(=O)CN2CCN(C)CC2)ccc1F. The number of hydrogen-bond donors (Lipinski definition) is 0. The summed E-state index contributed by atoms with van der Waals surface area (Å²) in [5.41, 5.74) is 0.497. The zero-order valence-electron chi connectivity index (χ0n) is 11.4. The van der Waals surface area contributed by atoms with Crippen LogP contribution >= 0.6 is 0 Å². The van der Waals surface area contributed by atoms with Gasteiger partial charge >= 0.3 is 0 Å². The predicted molar refractivity (Wildman–Crippen MR) is 71.2 cm³/mol. The highest BCUT2D eigenvalue weighted by Crippen LogP contribution is 2.18. The zero-order chi connectivity index (χ0) is 13.8. The van der Waals surface area contributed by atoms with Crippen molar-refractivity contribution in [2.45, 2.75) is 0 Å². The number of rotatable bonds is 4. The number of ether oxygens (including phenoxy) is 1. The molecule has 0 unspecified atom stereocenters. The topological polar surface area (TPSA) is 32.8 Å². The second-order valence-electron chi connectivity index (χ2n) is 4.85. The van der Waals surface area contributed by atoms with E-state index in [-0.39, 0.29) is 11.5 Å². The fourth-order valence-electron chi connectivity index (χ4n) is 2.13. The highest BCUT2D eigenvalue weighted by Gasteiger charge is 2.18. The van der Waals surface area contributed by atoms with Gasteiger partial charge in [-0.15, -0.1) is 0 Å². The highest BCUT2D eigenvalue weighted by molar-refractivity contribution is 5.98. The van der Waals surface area contributed by atoms with Crippen molar-refractivity contribution >= 4 is 5.78 Å². The quantitative estimate of drug-likeness (QED) is 0.768. The number of ketones is 1. The molecule has 5 heteroatoms. The maximum absolute atomic E-state index is 13.3. The van der Waals surface area contributed by atoms with Crippen molar-refractivity contribution in [2.75, 3.05) is 46.9 Å². The molecule has 0 aromatic heterocycles. The van der Waals surface area contributed by atoms with Gasteiger partial charge in [0.05, 0.1) is 13.7 Å². The molecule has 0 aliphatic carbocycles. The van der Waals surface area contributed by atoms with Gasteiger partial charge in [-0.25, -0.2) is 4.39 Å². The van der Waals surface area contributed by atoms with E-state index in [4.69, 9.17) is 4.74 Å². The second kappa shape index (κ2) is 6.12. The van der Waals surface area contributed by atoms with Crippen molar-refractivity contribution in [3.63, 3.8) is 0 Å². The van der Waals surface area contributed by atoms with Crippen LogP contribution in [0.5, 0.6) is 5.75 Å². The first kappa shape index (κ1) is 14.0. The predicted octanol–water partition coefficient (Wildman–Crippen LogP) is 1.26. The lowest BCUT2D eigenvalue weighted by molar-refractivity contribution is 0.0876. The summed E-state index contributed by atoms with van der Waals surface area (Å²) < 4.78 is 18.2.